The van der Waals surface area contributed by atoms with Crippen molar-refractivity contribution >= 4 is 32.4 Å². The maximum absolute atomic E-state index is 14.1. The van der Waals surface area contributed by atoms with Crippen LogP contribution in [0.15, 0.2) is 66.1 Å². The van der Waals surface area contributed by atoms with Gasteiger partial charge in [-0.2, -0.15) is 0 Å². The number of aromatic nitrogens is 5. The van der Waals surface area contributed by atoms with Crippen LogP contribution in [-0.2, 0) is 10.0 Å². The summed E-state index contributed by atoms with van der Waals surface area (Å²) in [7, 11) is -3.07. The number of nitrogens with one attached hydrogen (secondary N) is 1. The van der Waals surface area contributed by atoms with Crippen LogP contribution in [0.2, 0.25) is 0 Å². The van der Waals surface area contributed by atoms with Crippen molar-refractivity contribution in [3.63, 3.8) is 0 Å². The van der Waals surface area contributed by atoms with E-state index in [2.05, 4.69) is 24.9 Å². The van der Waals surface area contributed by atoms with Gasteiger partial charge in [-0.3, -0.25) is 14.1 Å². The summed E-state index contributed by atoms with van der Waals surface area (Å²) < 4.78 is 62.0. The molecule has 3 aromatic heterocycles. The number of anilines is 1. The SMILES string of the molecule is COc1ncc(-c2ccc3ncc4nncn4c3c2)cc1NS(=O)(=O)c1ccc(F)cc1F. The zero-order valence-electron chi connectivity index (χ0n) is 16.9. The van der Waals surface area contributed by atoms with E-state index in [1.807, 2.05) is 6.07 Å². The first-order chi connectivity index (χ1) is 15.9. The lowest BCUT2D eigenvalue weighted by atomic mass is 10.1. The van der Waals surface area contributed by atoms with Gasteiger partial charge in [-0.05, 0) is 35.9 Å². The van der Waals surface area contributed by atoms with Crippen molar-refractivity contribution in [1.29, 1.82) is 0 Å². The van der Waals surface area contributed by atoms with E-state index in [4.69, 9.17) is 4.74 Å². The van der Waals surface area contributed by atoms with Crippen molar-refractivity contribution in [1.82, 2.24) is 24.6 Å². The Kier molecular flexibility index (Phi) is 4.86. The van der Waals surface area contributed by atoms with Crippen molar-refractivity contribution in [3.8, 4) is 17.0 Å². The molecule has 0 saturated carbocycles. The van der Waals surface area contributed by atoms with Gasteiger partial charge in [-0.25, -0.2) is 22.2 Å². The van der Waals surface area contributed by atoms with Crippen LogP contribution in [0.25, 0.3) is 27.8 Å². The van der Waals surface area contributed by atoms with E-state index in [-0.39, 0.29) is 11.6 Å². The molecule has 0 unspecified atom stereocenters. The van der Waals surface area contributed by atoms with E-state index in [0.29, 0.717) is 28.4 Å². The molecule has 0 aliphatic rings. The predicted molar refractivity (Wildman–Crippen MR) is 115 cm³/mol. The fourth-order valence-corrected chi connectivity index (χ4v) is 4.50. The summed E-state index contributed by atoms with van der Waals surface area (Å²) in [6.07, 6.45) is 4.67. The summed E-state index contributed by atoms with van der Waals surface area (Å²) >= 11 is 0. The summed E-state index contributed by atoms with van der Waals surface area (Å²) in [6.45, 7) is 0. The number of methoxy groups -OCH3 is 1. The molecule has 0 amide bonds. The third-order valence-corrected chi connectivity index (χ3v) is 6.33. The van der Waals surface area contributed by atoms with Crippen LogP contribution in [0, 0.1) is 11.6 Å². The molecule has 0 spiro atoms. The number of sulfonamides is 1. The third kappa shape index (κ3) is 3.69. The van der Waals surface area contributed by atoms with Gasteiger partial charge in [-0.1, -0.05) is 6.07 Å². The molecular weight excluding hydrogens is 454 g/mol. The highest BCUT2D eigenvalue weighted by Crippen LogP contribution is 2.31. The van der Waals surface area contributed by atoms with Crippen LogP contribution in [-0.4, -0.2) is 40.1 Å². The first-order valence-electron chi connectivity index (χ1n) is 9.46. The van der Waals surface area contributed by atoms with Crippen LogP contribution in [0.4, 0.5) is 14.5 Å². The highest BCUT2D eigenvalue weighted by atomic mass is 32.2. The van der Waals surface area contributed by atoms with Crippen LogP contribution in [0.3, 0.4) is 0 Å². The molecule has 0 saturated heterocycles. The quantitative estimate of drug-likeness (QED) is 0.421. The minimum Gasteiger partial charge on any atom is -0.480 e. The van der Waals surface area contributed by atoms with Gasteiger partial charge in [0.15, 0.2) is 5.65 Å². The molecule has 166 valence electrons. The lowest BCUT2D eigenvalue weighted by Gasteiger charge is -2.13. The van der Waals surface area contributed by atoms with Gasteiger partial charge in [0.05, 0.1) is 24.3 Å². The lowest BCUT2D eigenvalue weighted by Crippen LogP contribution is -2.15. The largest absolute Gasteiger partial charge is 0.480 e. The molecule has 5 rings (SSSR count). The van der Waals surface area contributed by atoms with Gasteiger partial charge in [0.2, 0.25) is 5.88 Å². The Morgan fingerprint density at radius 3 is 2.64 bits per heavy atom. The van der Waals surface area contributed by atoms with Crippen LogP contribution < -0.4 is 9.46 Å². The smallest absolute Gasteiger partial charge is 0.264 e. The highest BCUT2D eigenvalue weighted by Gasteiger charge is 2.22. The van der Waals surface area contributed by atoms with Gasteiger partial charge in [-0.15, -0.1) is 10.2 Å². The van der Waals surface area contributed by atoms with E-state index in [9.17, 15) is 17.2 Å². The van der Waals surface area contributed by atoms with Crippen molar-refractivity contribution in [2.45, 2.75) is 4.90 Å². The average Bonchev–Trinajstić information content (AvgIpc) is 3.27. The van der Waals surface area contributed by atoms with Crippen LogP contribution in [0.5, 0.6) is 5.88 Å². The summed E-state index contributed by atoms with van der Waals surface area (Å²) in [6, 6.07) is 9.13. The summed E-state index contributed by atoms with van der Waals surface area (Å²) in [5.41, 5.74) is 3.26. The average molecular weight is 468 g/mol. The zero-order valence-corrected chi connectivity index (χ0v) is 17.7. The molecule has 12 heteroatoms. The standard InChI is InChI=1S/C21H14F2N6O3S/c1-32-21-17(28-33(30,31)19-5-3-14(22)8-15(19)23)6-13(9-25-21)12-2-4-16-18(7-12)29-11-26-27-20(29)10-24-16/h2-11,28H,1H3. The van der Waals surface area contributed by atoms with Gasteiger partial charge in [0.1, 0.15) is 28.5 Å². The molecular formula is C21H14F2N6O3S. The van der Waals surface area contributed by atoms with Gasteiger partial charge in [0, 0.05) is 17.8 Å². The Bertz CT molecular complexity index is 1640. The number of benzene rings is 2. The van der Waals surface area contributed by atoms with Gasteiger partial charge >= 0.3 is 0 Å². The number of pyridine rings is 1. The minimum absolute atomic E-state index is 0.0144. The Morgan fingerprint density at radius 2 is 1.85 bits per heavy atom. The van der Waals surface area contributed by atoms with E-state index in [1.54, 1.807) is 29.1 Å². The van der Waals surface area contributed by atoms with E-state index in [1.165, 1.54) is 19.4 Å². The fraction of sp³-hybridized carbons (Fsp3) is 0.0476. The number of hydrogen-bond donors (Lipinski definition) is 1. The maximum atomic E-state index is 14.1. The lowest BCUT2D eigenvalue weighted by molar-refractivity contribution is 0.400. The normalized spacial score (nSPS) is 11.7. The van der Waals surface area contributed by atoms with Crippen molar-refractivity contribution in [2.75, 3.05) is 11.8 Å². The van der Waals surface area contributed by atoms with E-state index < -0.39 is 26.6 Å². The van der Waals surface area contributed by atoms with Crippen LogP contribution in [0.1, 0.15) is 0 Å². The molecule has 3 heterocycles. The molecule has 0 atom stereocenters. The fourth-order valence-electron chi connectivity index (χ4n) is 3.39. The minimum atomic E-state index is -4.39. The zero-order chi connectivity index (χ0) is 23.2. The predicted octanol–water partition coefficient (Wildman–Crippen LogP) is 3.43. The van der Waals surface area contributed by atoms with E-state index >= 15 is 0 Å². The van der Waals surface area contributed by atoms with E-state index in [0.717, 1.165) is 17.6 Å². The number of nitrogens with zero attached hydrogens (tertiary/aromatic N) is 5. The monoisotopic (exact) mass is 468 g/mol. The molecule has 5 aromatic rings. The second-order valence-electron chi connectivity index (χ2n) is 6.98. The Hall–Kier alpha value is -4.19. The number of rotatable bonds is 5. The number of halogens is 2. The summed E-state index contributed by atoms with van der Waals surface area (Å²) in [4.78, 5) is 7.81. The molecule has 33 heavy (non-hydrogen) atoms. The second kappa shape index (κ2) is 7.74. The summed E-state index contributed by atoms with van der Waals surface area (Å²) in [5.74, 6) is -2.13. The molecule has 1 N–H and O–H groups in total. The number of fused-ring (bicyclic) bond motifs is 3. The first kappa shape index (κ1) is 20.7. The summed E-state index contributed by atoms with van der Waals surface area (Å²) in [5, 5.41) is 7.87. The molecule has 0 bridgehead atoms. The number of hydrogen-bond acceptors (Lipinski definition) is 7. The number of ether oxygens (including phenoxy) is 1. The Balaban J connectivity index is 1.59. The Labute approximate surface area is 185 Å². The topological polar surface area (TPSA) is 111 Å². The van der Waals surface area contributed by atoms with Gasteiger partial charge in [0.25, 0.3) is 10.0 Å². The molecule has 9 nitrogen and oxygen atoms in total. The first-order valence-corrected chi connectivity index (χ1v) is 10.9. The highest BCUT2D eigenvalue weighted by molar-refractivity contribution is 7.92. The van der Waals surface area contributed by atoms with Crippen molar-refractivity contribution < 1.29 is 21.9 Å². The van der Waals surface area contributed by atoms with Gasteiger partial charge < -0.3 is 4.74 Å². The van der Waals surface area contributed by atoms with Crippen LogP contribution >= 0.6 is 0 Å². The maximum Gasteiger partial charge on any atom is 0.264 e. The van der Waals surface area contributed by atoms with Crippen molar-refractivity contribution in [3.05, 3.63) is 72.8 Å². The molecule has 0 radical (unpaired) electrons. The molecule has 0 fully saturated rings. The second-order valence-corrected chi connectivity index (χ2v) is 8.63. The molecule has 0 aliphatic carbocycles. The molecule has 2 aromatic carbocycles. The third-order valence-electron chi connectivity index (χ3n) is 4.93. The Morgan fingerprint density at radius 1 is 1.00 bits per heavy atom. The molecule has 0 aliphatic heterocycles. The van der Waals surface area contributed by atoms with Crippen molar-refractivity contribution in [2.24, 2.45) is 0 Å².